The molecule has 0 radical (unpaired) electrons. The first kappa shape index (κ1) is 21.4. The van der Waals surface area contributed by atoms with Crippen LogP contribution in [0.3, 0.4) is 0 Å². The van der Waals surface area contributed by atoms with E-state index >= 15 is 0 Å². The lowest BCUT2D eigenvalue weighted by molar-refractivity contribution is -0.137. The summed E-state index contributed by atoms with van der Waals surface area (Å²) >= 11 is 1.94. The third-order valence-electron chi connectivity index (χ3n) is 4.65. The number of carbonyl (C=O) groups excluding carboxylic acids is 2. The second kappa shape index (κ2) is 8.35. The van der Waals surface area contributed by atoms with Crippen LogP contribution in [0.2, 0.25) is 0 Å². The molecule has 2 amide bonds. The predicted molar refractivity (Wildman–Crippen MR) is 113 cm³/mol. The van der Waals surface area contributed by atoms with Crippen molar-refractivity contribution in [1.82, 2.24) is 10.3 Å². The molecule has 0 saturated heterocycles. The minimum absolute atomic E-state index is 0.0701. The SMILES string of the molecule is CCc1cc2c(cc1C(=O)NCc1cnc(C(F)(F)F)s1)NC(=O)c1ccccc1S2. The van der Waals surface area contributed by atoms with Crippen molar-refractivity contribution in [1.29, 1.82) is 0 Å². The second-order valence-electron chi connectivity index (χ2n) is 6.72. The molecule has 1 aromatic heterocycles. The highest BCUT2D eigenvalue weighted by Crippen LogP contribution is 2.40. The molecule has 31 heavy (non-hydrogen) atoms. The Bertz CT molecular complexity index is 1170. The van der Waals surface area contributed by atoms with E-state index in [4.69, 9.17) is 0 Å². The van der Waals surface area contributed by atoms with E-state index in [0.29, 0.717) is 39.4 Å². The number of hydrogen-bond acceptors (Lipinski definition) is 5. The van der Waals surface area contributed by atoms with Crippen molar-refractivity contribution in [3.05, 3.63) is 69.2 Å². The molecule has 5 nitrogen and oxygen atoms in total. The molecule has 1 aliphatic heterocycles. The molecule has 4 rings (SSSR count). The summed E-state index contributed by atoms with van der Waals surface area (Å²) < 4.78 is 38.1. The monoisotopic (exact) mass is 463 g/mol. The Balaban J connectivity index is 1.58. The van der Waals surface area contributed by atoms with Crippen molar-refractivity contribution in [3.63, 3.8) is 0 Å². The first-order valence-corrected chi connectivity index (χ1v) is 10.9. The average Bonchev–Trinajstić information content (AvgIpc) is 3.17. The molecular weight excluding hydrogens is 447 g/mol. The summed E-state index contributed by atoms with van der Waals surface area (Å²) in [5, 5.41) is 4.55. The van der Waals surface area contributed by atoms with Gasteiger partial charge in [-0.2, -0.15) is 13.2 Å². The maximum absolute atomic E-state index is 12.8. The summed E-state index contributed by atoms with van der Waals surface area (Å²) in [5.74, 6) is -0.690. The fraction of sp³-hybridized carbons (Fsp3) is 0.190. The number of amides is 2. The zero-order valence-corrected chi connectivity index (χ0v) is 17.8. The van der Waals surface area contributed by atoms with E-state index in [0.717, 1.165) is 21.6 Å². The van der Waals surface area contributed by atoms with Crippen LogP contribution in [0.1, 0.15) is 43.1 Å². The van der Waals surface area contributed by atoms with Crippen molar-refractivity contribution >= 4 is 40.6 Å². The minimum Gasteiger partial charge on any atom is -0.347 e. The highest BCUT2D eigenvalue weighted by molar-refractivity contribution is 7.99. The molecule has 160 valence electrons. The Morgan fingerprint density at radius 1 is 1.19 bits per heavy atom. The quantitative estimate of drug-likeness (QED) is 0.546. The van der Waals surface area contributed by atoms with Gasteiger partial charge in [0, 0.05) is 26.4 Å². The van der Waals surface area contributed by atoms with Crippen molar-refractivity contribution in [2.24, 2.45) is 0 Å². The number of aromatic nitrogens is 1. The van der Waals surface area contributed by atoms with Crippen LogP contribution in [0.4, 0.5) is 18.9 Å². The third-order valence-corrected chi connectivity index (χ3v) is 6.83. The average molecular weight is 464 g/mol. The van der Waals surface area contributed by atoms with E-state index in [9.17, 15) is 22.8 Å². The van der Waals surface area contributed by atoms with Gasteiger partial charge in [0.05, 0.1) is 17.8 Å². The Labute approximate surface area is 184 Å². The lowest BCUT2D eigenvalue weighted by Gasteiger charge is -2.14. The highest BCUT2D eigenvalue weighted by atomic mass is 32.2. The van der Waals surface area contributed by atoms with Crippen LogP contribution < -0.4 is 10.6 Å². The Kier molecular flexibility index (Phi) is 5.76. The number of fused-ring (bicyclic) bond motifs is 2. The van der Waals surface area contributed by atoms with Crippen LogP contribution in [0.5, 0.6) is 0 Å². The highest BCUT2D eigenvalue weighted by Gasteiger charge is 2.34. The Morgan fingerprint density at radius 2 is 1.97 bits per heavy atom. The molecule has 0 bridgehead atoms. The first-order valence-electron chi connectivity index (χ1n) is 9.31. The molecule has 2 aromatic carbocycles. The van der Waals surface area contributed by atoms with Crippen LogP contribution >= 0.6 is 23.1 Å². The lowest BCUT2D eigenvalue weighted by Crippen LogP contribution is -2.24. The molecule has 3 aromatic rings. The van der Waals surface area contributed by atoms with Gasteiger partial charge in [-0.25, -0.2) is 4.98 Å². The molecule has 10 heteroatoms. The van der Waals surface area contributed by atoms with Gasteiger partial charge in [0.2, 0.25) is 0 Å². The lowest BCUT2D eigenvalue weighted by atomic mass is 10.0. The summed E-state index contributed by atoms with van der Waals surface area (Å²) in [4.78, 5) is 30.7. The van der Waals surface area contributed by atoms with Crippen LogP contribution in [0, 0.1) is 0 Å². The molecule has 2 heterocycles. The second-order valence-corrected chi connectivity index (χ2v) is 8.92. The molecule has 1 aliphatic rings. The number of thiazole rings is 1. The van der Waals surface area contributed by atoms with Gasteiger partial charge >= 0.3 is 6.18 Å². The number of nitrogens with zero attached hydrogens (tertiary/aromatic N) is 1. The molecule has 0 fully saturated rings. The van der Waals surface area contributed by atoms with E-state index in [1.54, 1.807) is 18.2 Å². The first-order chi connectivity index (χ1) is 14.8. The Morgan fingerprint density at radius 3 is 2.68 bits per heavy atom. The van der Waals surface area contributed by atoms with Gasteiger partial charge in [-0.15, -0.1) is 11.3 Å². The molecule has 0 atom stereocenters. The van der Waals surface area contributed by atoms with Gasteiger partial charge in [0.25, 0.3) is 11.8 Å². The number of carbonyl (C=O) groups is 2. The van der Waals surface area contributed by atoms with Gasteiger partial charge in [-0.1, -0.05) is 30.8 Å². The summed E-state index contributed by atoms with van der Waals surface area (Å²) in [7, 11) is 0. The van der Waals surface area contributed by atoms with Crippen LogP contribution in [0.15, 0.2) is 52.4 Å². The number of rotatable bonds is 4. The number of alkyl halides is 3. The van der Waals surface area contributed by atoms with E-state index in [1.165, 1.54) is 11.8 Å². The van der Waals surface area contributed by atoms with Gasteiger partial charge in [0.1, 0.15) is 0 Å². The molecule has 0 saturated carbocycles. The minimum atomic E-state index is -4.51. The van der Waals surface area contributed by atoms with E-state index in [2.05, 4.69) is 15.6 Å². The van der Waals surface area contributed by atoms with Crippen molar-refractivity contribution in [2.45, 2.75) is 35.9 Å². The maximum atomic E-state index is 12.8. The van der Waals surface area contributed by atoms with E-state index in [-0.39, 0.29) is 12.5 Å². The van der Waals surface area contributed by atoms with Gasteiger partial charge < -0.3 is 10.6 Å². The summed E-state index contributed by atoms with van der Waals surface area (Å²) in [5.41, 5.74) is 2.22. The third kappa shape index (κ3) is 4.45. The zero-order chi connectivity index (χ0) is 22.2. The van der Waals surface area contributed by atoms with Gasteiger partial charge in [-0.05, 0) is 36.2 Å². The summed E-state index contributed by atoms with van der Waals surface area (Å²) in [6, 6.07) is 10.7. The van der Waals surface area contributed by atoms with Crippen molar-refractivity contribution in [2.75, 3.05) is 5.32 Å². The smallest absolute Gasteiger partial charge is 0.347 e. The van der Waals surface area contributed by atoms with E-state index < -0.39 is 17.1 Å². The molecular formula is C21H16F3N3O2S2. The molecule has 0 unspecified atom stereocenters. The maximum Gasteiger partial charge on any atom is 0.443 e. The van der Waals surface area contributed by atoms with Crippen molar-refractivity contribution in [3.8, 4) is 0 Å². The normalized spacial score (nSPS) is 13.1. The summed E-state index contributed by atoms with van der Waals surface area (Å²) in [6.45, 7) is 1.84. The number of nitrogens with one attached hydrogen (secondary N) is 2. The number of halogens is 3. The number of anilines is 1. The number of aryl methyl sites for hydroxylation is 1. The fourth-order valence-electron chi connectivity index (χ4n) is 3.14. The zero-order valence-electron chi connectivity index (χ0n) is 16.2. The van der Waals surface area contributed by atoms with E-state index in [1.807, 2.05) is 25.1 Å². The van der Waals surface area contributed by atoms with Crippen molar-refractivity contribution < 1.29 is 22.8 Å². The Hall–Kier alpha value is -2.85. The number of hydrogen-bond donors (Lipinski definition) is 2. The molecule has 0 aliphatic carbocycles. The van der Waals surface area contributed by atoms with Gasteiger partial charge in [-0.3, -0.25) is 9.59 Å². The summed E-state index contributed by atoms with van der Waals surface area (Å²) in [6.07, 6.45) is -2.82. The van der Waals surface area contributed by atoms with Crippen LogP contribution in [0.25, 0.3) is 0 Å². The molecule has 2 N–H and O–H groups in total. The fourth-order valence-corrected chi connectivity index (χ4v) is 4.94. The largest absolute Gasteiger partial charge is 0.443 e. The standard InChI is InChI=1S/C21H16F3N3O2S2/c1-2-11-7-17-15(27-19(29)13-5-3-4-6-16(13)31-17)8-14(11)18(28)25-9-12-10-26-20(30-12)21(22,23)24/h3-8,10H,2,9H2,1H3,(H,25,28)(H,27,29). The topological polar surface area (TPSA) is 71.1 Å². The number of benzene rings is 2. The molecule has 0 spiro atoms. The van der Waals surface area contributed by atoms with Gasteiger partial charge in [0.15, 0.2) is 5.01 Å². The van der Waals surface area contributed by atoms with Crippen LogP contribution in [-0.4, -0.2) is 16.8 Å². The predicted octanol–water partition coefficient (Wildman–Crippen LogP) is 5.37. The van der Waals surface area contributed by atoms with Crippen LogP contribution in [-0.2, 0) is 19.1 Å².